The van der Waals surface area contributed by atoms with Crippen molar-refractivity contribution in [2.45, 2.75) is 46.1 Å². The van der Waals surface area contributed by atoms with Gasteiger partial charge in [-0.3, -0.25) is 0 Å². The predicted molar refractivity (Wildman–Crippen MR) is 55.7 cm³/mol. The minimum absolute atomic E-state index is 0.0305. The van der Waals surface area contributed by atoms with Crippen LogP contribution < -0.4 is 5.73 Å². The maximum atomic E-state index is 5.99. The second-order valence-electron chi connectivity index (χ2n) is 4.72. The Hall–Kier alpha value is -0.990. The summed E-state index contributed by atoms with van der Waals surface area (Å²) in [4.78, 5) is 0. The molecule has 0 aliphatic rings. The van der Waals surface area contributed by atoms with Gasteiger partial charge in [0.05, 0.1) is 11.7 Å². The van der Waals surface area contributed by atoms with Gasteiger partial charge in [0.2, 0.25) is 0 Å². The number of hydrogen-bond donors (Lipinski definition) is 1. The molecule has 0 spiro atoms. The summed E-state index contributed by atoms with van der Waals surface area (Å²) in [5.74, 6) is 1.23. The molecular formula is C10H19N3. The topological polar surface area (TPSA) is 43.8 Å². The van der Waals surface area contributed by atoms with E-state index in [2.05, 4.69) is 39.7 Å². The molecule has 1 aromatic rings. The Bertz CT molecular complexity index is 292. The summed E-state index contributed by atoms with van der Waals surface area (Å²) in [7, 11) is 0. The summed E-state index contributed by atoms with van der Waals surface area (Å²) >= 11 is 0. The van der Waals surface area contributed by atoms with Gasteiger partial charge in [-0.15, -0.1) is 0 Å². The molecule has 1 aromatic heterocycles. The highest BCUT2D eigenvalue weighted by atomic mass is 15.3. The van der Waals surface area contributed by atoms with Gasteiger partial charge in [-0.2, -0.15) is 5.10 Å². The van der Waals surface area contributed by atoms with Gasteiger partial charge in [0.1, 0.15) is 5.82 Å². The molecule has 2 N–H and O–H groups in total. The normalized spacial score (nSPS) is 12.5. The number of rotatable bonds is 1. The fraction of sp³-hybridized carbons (Fsp3) is 0.700. The number of nitrogens with zero attached hydrogens (tertiary/aromatic N) is 2. The van der Waals surface area contributed by atoms with E-state index in [1.807, 2.05) is 10.9 Å². The second-order valence-corrected chi connectivity index (χ2v) is 4.72. The molecular weight excluding hydrogens is 162 g/mol. The van der Waals surface area contributed by atoms with E-state index >= 15 is 0 Å². The summed E-state index contributed by atoms with van der Waals surface area (Å²) in [5.41, 5.74) is 7.09. The van der Waals surface area contributed by atoms with Crippen LogP contribution in [-0.2, 0) is 5.54 Å². The highest BCUT2D eigenvalue weighted by Crippen LogP contribution is 2.25. The average molecular weight is 181 g/mol. The monoisotopic (exact) mass is 181 g/mol. The van der Waals surface area contributed by atoms with Crippen LogP contribution in [-0.4, -0.2) is 9.78 Å². The molecule has 0 bridgehead atoms. The lowest BCUT2D eigenvalue weighted by Crippen LogP contribution is -2.24. The van der Waals surface area contributed by atoms with E-state index in [-0.39, 0.29) is 5.54 Å². The smallest absolute Gasteiger partial charge is 0.125 e. The summed E-state index contributed by atoms with van der Waals surface area (Å²) in [6.45, 7) is 10.5. The quantitative estimate of drug-likeness (QED) is 0.722. The molecule has 3 nitrogen and oxygen atoms in total. The van der Waals surface area contributed by atoms with Crippen LogP contribution in [0.4, 0.5) is 5.82 Å². The SMILES string of the molecule is CC(C)c1cnn(C(C)(C)C)c1N. The van der Waals surface area contributed by atoms with Gasteiger partial charge < -0.3 is 5.73 Å². The third-order valence-corrected chi connectivity index (χ3v) is 2.09. The fourth-order valence-corrected chi connectivity index (χ4v) is 1.35. The molecule has 0 aromatic carbocycles. The lowest BCUT2D eigenvalue weighted by atomic mass is 10.1. The molecule has 0 atom stereocenters. The van der Waals surface area contributed by atoms with Crippen LogP contribution >= 0.6 is 0 Å². The molecule has 0 saturated heterocycles. The summed E-state index contributed by atoms with van der Waals surface area (Å²) in [6.07, 6.45) is 1.87. The Labute approximate surface area is 79.9 Å². The minimum atomic E-state index is -0.0305. The zero-order valence-corrected chi connectivity index (χ0v) is 9.13. The predicted octanol–water partition coefficient (Wildman–Crippen LogP) is 2.34. The molecule has 0 amide bonds. The number of hydrogen-bond acceptors (Lipinski definition) is 2. The molecule has 0 saturated carbocycles. The van der Waals surface area contributed by atoms with Crippen molar-refractivity contribution in [3.8, 4) is 0 Å². The van der Waals surface area contributed by atoms with Crippen molar-refractivity contribution in [3.05, 3.63) is 11.8 Å². The first kappa shape index (κ1) is 10.1. The highest BCUT2D eigenvalue weighted by Gasteiger charge is 2.19. The van der Waals surface area contributed by atoms with Crippen LogP contribution in [0.3, 0.4) is 0 Å². The van der Waals surface area contributed by atoms with Crippen molar-refractivity contribution in [1.82, 2.24) is 9.78 Å². The maximum Gasteiger partial charge on any atom is 0.125 e. The molecule has 13 heavy (non-hydrogen) atoms. The summed E-state index contributed by atoms with van der Waals surface area (Å²) < 4.78 is 1.88. The number of nitrogen functional groups attached to an aromatic ring is 1. The Morgan fingerprint density at radius 1 is 1.38 bits per heavy atom. The summed E-state index contributed by atoms with van der Waals surface area (Å²) in [6, 6.07) is 0. The zero-order chi connectivity index (χ0) is 10.2. The average Bonchev–Trinajstić information content (AvgIpc) is 2.28. The molecule has 1 heterocycles. The van der Waals surface area contributed by atoms with Crippen LogP contribution in [0.1, 0.15) is 46.1 Å². The lowest BCUT2D eigenvalue weighted by molar-refractivity contribution is 0.361. The van der Waals surface area contributed by atoms with Crippen LogP contribution in [0.25, 0.3) is 0 Å². The van der Waals surface area contributed by atoms with Crippen molar-refractivity contribution in [2.24, 2.45) is 0 Å². The van der Waals surface area contributed by atoms with Crippen LogP contribution in [0.15, 0.2) is 6.20 Å². The van der Waals surface area contributed by atoms with Gasteiger partial charge in [0.25, 0.3) is 0 Å². The lowest BCUT2D eigenvalue weighted by Gasteiger charge is -2.21. The molecule has 0 aliphatic heterocycles. The van der Waals surface area contributed by atoms with Crippen molar-refractivity contribution in [1.29, 1.82) is 0 Å². The van der Waals surface area contributed by atoms with E-state index in [1.165, 1.54) is 0 Å². The van der Waals surface area contributed by atoms with Gasteiger partial charge in [-0.05, 0) is 26.7 Å². The molecule has 3 heteroatoms. The van der Waals surface area contributed by atoms with Crippen LogP contribution in [0.2, 0.25) is 0 Å². The van der Waals surface area contributed by atoms with Crippen molar-refractivity contribution in [3.63, 3.8) is 0 Å². The maximum absolute atomic E-state index is 5.99. The number of nitrogens with two attached hydrogens (primary N) is 1. The first-order chi connectivity index (χ1) is 5.84. The van der Waals surface area contributed by atoms with Crippen LogP contribution in [0, 0.1) is 0 Å². The molecule has 74 valence electrons. The number of anilines is 1. The Morgan fingerprint density at radius 2 is 1.92 bits per heavy atom. The summed E-state index contributed by atoms with van der Waals surface area (Å²) in [5, 5.41) is 4.30. The number of aromatic nitrogens is 2. The van der Waals surface area contributed by atoms with E-state index < -0.39 is 0 Å². The Morgan fingerprint density at radius 3 is 2.15 bits per heavy atom. The second kappa shape index (κ2) is 3.05. The first-order valence-electron chi connectivity index (χ1n) is 4.68. The Kier molecular flexibility index (Phi) is 2.37. The van der Waals surface area contributed by atoms with Gasteiger partial charge in [-0.25, -0.2) is 4.68 Å². The van der Waals surface area contributed by atoms with E-state index in [1.54, 1.807) is 0 Å². The fourth-order valence-electron chi connectivity index (χ4n) is 1.35. The molecule has 0 unspecified atom stereocenters. The highest BCUT2D eigenvalue weighted by molar-refractivity contribution is 5.41. The van der Waals surface area contributed by atoms with E-state index in [0.717, 1.165) is 11.4 Å². The van der Waals surface area contributed by atoms with Crippen molar-refractivity contribution < 1.29 is 0 Å². The van der Waals surface area contributed by atoms with Gasteiger partial charge in [-0.1, -0.05) is 13.8 Å². The van der Waals surface area contributed by atoms with Gasteiger partial charge in [0.15, 0.2) is 0 Å². The largest absolute Gasteiger partial charge is 0.384 e. The van der Waals surface area contributed by atoms with Crippen molar-refractivity contribution >= 4 is 5.82 Å². The molecule has 0 aliphatic carbocycles. The van der Waals surface area contributed by atoms with E-state index in [9.17, 15) is 0 Å². The van der Waals surface area contributed by atoms with Gasteiger partial charge in [0, 0.05) is 5.56 Å². The molecule has 0 fully saturated rings. The Balaban J connectivity index is 3.14. The van der Waals surface area contributed by atoms with Gasteiger partial charge >= 0.3 is 0 Å². The third-order valence-electron chi connectivity index (χ3n) is 2.09. The van der Waals surface area contributed by atoms with Crippen LogP contribution in [0.5, 0.6) is 0 Å². The molecule has 0 radical (unpaired) electrons. The van der Waals surface area contributed by atoms with E-state index in [4.69, 9.17) is 5.73 Å². The minimum Gasteiger partial charge on any atom is -0.384 e. The van der Waals surface area contributed by atoms with E-state index in [0.29, 0.717) is 5.92 Å². The third kappa shape index (κ3) is 1.85. The van der Waals surface area contributed by atoms with Crippen molar-refractivity contribution in [2.75, 3.05) is 5.73 Å². The molecule has 1 rings (SSSR count). The zero-order valence-electron chi connectivity index (χ0n) is 9.13. The first-order valence-corrected chi connectivity index (χ1v) is 4.68. The standard InChI is InChI=1S/C10H19N3/c1-7(2)8-6-12-13(9(8)11)10(3,4)5/h6-7H,11H2,1-5H3.